The molecule has 1 aromatic heterocycles. The van der Waals surface area contributed by atoms with Crippen LogP contribution in [0.3, 0.4) is 0 Å². The third kappa shape index (κ3) is 4.29. The number of hydrogen-bond donors (Lipinski definition) is 1. The second-order valence-corrected chi connectivity index (χ2v) is 9.42. The molecule has 146 valence electrons. The SMILES string of the molecule is Cc1cc(C)c2nc(N3CCC[C@H](C(=O)NC4CCCCCC4)C3)sc2c1. The van der Waals surface area contributed by atoms with Gasteiger partial charge in [-0.25, -0.2) is 4.98 Å². The van der Waals surface area contributed by atoms with Crippen LogP contribution >= 0.6 is 11.3 Å². The van der Waals surface area contributed by atoms with Gasteiger partial charge in [-0.3, -0.25) is 4.79 Å². The van der Waals surface area contributed by atoms with Gasteiger partial charge in [-0.05, 0) is 56.7 Å². The molecule has 1 N–H and O–H groups in total. The van der Waals surface area contributed by atoms with Crippen LogP contribution in [0.4, 0.5) is 5.13 Å². The highest BCUT2D eigenvalue weighted by Crippen LogP contribution is 2.33. The van der Waals surface area contributed by atoms with E-state index in [9.17, 15) is 4.79 Å². The Morgan fingerprint density at radius 3 is 2.67 bits per heavy atom. The summed E-state index contributed by atoms with van der Waals surface area (Å²) in [6, 6.07) is 4.82. The van der Waals surface area contributed by atoms with E-state index < -0.39 is 0 Å². The predicted octanol–water partition coefficient (Wildman–Crippen LogP) is 4.97. The zero-order chi connectivity index (χ0) is 18.8. The van der Waals surface area contributed by atoms with E-state index in [-0.39, 0.29) is 11.8 Å². The van der Waals surface area contributed by atoms with Crippen molar-refractivity contribution in [3.8, 4) is 0 Å². The number of rotatable bonds is 3. The molecule has 2 aromatic rings. The monoisotopic (exact) mass is 385 g/mol. The average Bonchev–Trinajstić information content (AvgIpc) is 2.92. The molecule has 1 amide bonds. The average molecular weight is 386 g/mol. The molecular weight excluding hydrogens is 354 g/mol. The van der Waals surface area contributed by atoms with Gasteiger partial charge in [0.1, 0.15) is 0 Å². The van der Waals surface area contributed by atoms with Gasteiger partial charge in [0.2, 0.25) is 5.91 Å². The Hall–Kier alpha value is -1.62. The molecular formula is C22H31N3OS. The molecule has 0 radical (unpaired) electrons. The zero-order valence-corrected chi connectivity index (χ0v) is 17.4. The molecule has 0 spiro atoms. The highest BCUT2D eigenvalue weighted by atomic mass is 32.1. The number of anilines is 1. The quantitative estimate of drug-likeness (QED) is 0.759. The van der Waals surface area contributed by atoms with Crippen LogP contribution < -0.4 is 10.2 Å². The van der Waals surface area contributed by atoms with E-state index in [4.69, 9.17) is 4.98 Å². The Bertz CT molecular complexity index is 807. The zero-order valence-electron chi connectivity index (χ0n) is 16.6. The Balaban J connectivity index is 1.44. The first-order valence-corrected chi connectivity index (χ1v) is 11.3. The standard InChI is InChI=1S/C22H31N3OS/c1-15-12-16(2)20-19(13-15)27-22(24-20)25-11-7-8-17(14-25)21(26)23-18-9-5-3-4-6-10-18/h12-13,17-18H,3-11,14H2,1-2H3,(H,23,26)/t17-/m0/s1. The summed E-state index contributed by atoms with van der Waals surface area (Å²) in [6.07, 6.45) is 9.52. The van der Waals surface area contributed by atoms with Crippen molar-refractivity contribution in [3.63, 3.8) is 0 Å². The highest BCUT2D eigenvalue weighted by molar-refractivity contribution is 7.22. The van der Waals surface area contributed by atoms with Gasteiger partial charge >= 0.3 is 0 Å². The fraction of sp³-hybridized carbons (Fsp3) is 0.636. The van der Waals surface area contributed by atoms with Crippen LogP contribution in [0.1, 0.15) is 62.5 Å². The highest BCUT2D eigenvalue weighted by Gasteiger charge is 2.29. The molecule has 27 heavy (non-hydrogen) atoms. The van der Waals surface area contributed by atoms with Crippen molar-refractivity contribution in [1.29, 1.82) is 0 Å². The maximum Gasteiger partial charge on any atom is 0.225 e. The van der Waals surface area contributed by atoms with Crippen molar-refractivity contribution in [2.75, 3.05) is 18.0 Å². The van der Waals surface area contributed by atoms with Crippen molar-refractivity contribution < 1.29 is 4.79 Å². The normalized spacial score (nSPS) is 22.0. The van der Waals surface area contributed by atoms with Gasteiger partial charge in [0.05, 0.1) is 16.1 Å². The number of carbonyl (C=O) groups excluding carboxylic acids is 1. The van der Waals surface area contributed by atoms with Crippen LogP contribution in [0.2, 0.25) is 0 Å². The number of nitrogens with zero attached hydrogens (tertiary/aromatic N) is 2. The van der Waals surface area contributed by atoms with E-state index in [2.05, 4.69) is 36.2 Å². The number of nitrogens with one attached hydrogen (secondary N) is 1. The fourth-order valence-electron chi connectivity index (χ4n) is 4.60. The molecule has 1 aliphatic carbocycles. The largest absolute Gasteiger partial charge is 0.353 e. The molecule has 4 rings (SSSR count). The predicted molar refractivity (Wildman–Crippen MR) is 114 cm³/mol. The lowest BCUT2D eigenvalue weighted by Crippen LogP contribution is -2.46. The molecule has 2 aliphatic rings. The van der Waals surface area contributed by atoms with Crippen LogP contribution in [-0.2, 0) is 4.79 Å². The first-order chi connectivity index (χ1) is 13.1. The Labute approximate surface area is 166 Å². The van der Waals surface area contributed by atoms with Crippen LogP contribution in [0.15, 0.2) is 12.1 Å². The maximum absolute atomic E-state index is 12.9. The Morgan fingerprint density at radius 2 is 1.89 bits per heavy atom. The molecule has 1 aliphatic heterocycles. The van der Waals surface area contributed by atoms with Gasteiger partial charge in [-0.1, -0.05) is 43.1 Å². The van der Waals surface area contributed by atoms with E-state index in [0.717, 1.165) is 49.4 Å². The topological polar surface area (TPSA) is 45.2 Å². The molecule has 5 heteroatoms. The van der Waals surface area contributed by atoms with Crippen molar-refractivity contribution in [2.45, 2.75) is 71.3 Å². The second kappa shape index (κ2) is 8.17. The van der Waals surface area contributed by atoms with E-state index >= 15 is 0 Å². The molecule has 1 atom stereocenters. The van der Waals surface area contributed by atoms with Gasteiger partial charge in [0.15, 0.2) is 5.13 Å². The minimum absolute atomic E-state index is 0.0943. The number of thiazole rings is 1. The third-order valence-electron chi connectivity index (χ3n) is 6.08. The summed E-state index contributed by atoms with van der Waals surface area (Å²) in [6.45, 7) is 6.08. The summed E-state index contributed by atoms with van der Waals surface area (Å²) in [4.78, 5) is 20.1. The fourth-order valence-corrected chi connectivity index (χ4v) is 5.78. The molecule has 1 saturated heterocycles. The Morgan fingerprint density at radius 1 is 1.11 bits per heavy atom. The van der Waals surface area contributed by atoms with Crippen molar-refractivity contribution in [2.24, 2.45) is 5.92 Å². The maximum atomic E-state index is 12.9. The van der Waals surface area contributed by atoms with Gasteiger partial charge in [-0.2, -0.15) is 0 Å². The lowest BCUT2D eigenvalue weighted by Gasteiger charge is -2.32. The molecule has 1 saturated carbocycles. The minimum atomic E-state index is 0.0943. The lowest BCUT2D eigenvalue weighted by atomic mass is 9.96. The van der Waals surface area contributed by atoms with E-state index in [1.165, 1.54) is 41.5 Å². The first kappa shape index (κ1) is 18.7. The van der Waals surface area contributed by atoms with E-state index in [1.807, 2.05) is 0 Å². The summed E-state index contributed by atoms with van der Waals surface area (Å²) < 4.78 is 1.26. The lowest BCUT2D eigenvalue weighted by molar-refractivity contribution is -0.126. The number of benzene rings is 1. The van der Waals surface area contributed by atoms with Crippen molar-refractivity contribution >= 4 is 32.6 Å². The first-order valence-electron chi connectivity index (χ1n) is 10.5. The molecule has 4 nitrogen and oxygen atoms in total. The van der Waals surface area contributed by atoms with Gasteiger partial charge in [0, 0.05) is 19.1 Å². The number of hydrogen-bond acceptors (Lipinski definition) is 4. The van der Waals surface area contributed by atoms with Gasteiger partial charge in [-0.15, -0.1) is 0 Å². The van der Waals surface area contributed by atoms with Gasteiger partial charge < -0.3 is 10.2 Å². The van der Waals surface area contributed by atoms with E-state index in [1.54, 1.807) is 11.3 Å². The van der Waals surface area contributed by atoms with Crippen LogP contribution in [0, 0.1) is 19.8 Å². The number of amides is 1. The van der Waals surface area contributed by atoms with Gasteiger partial charge in [0.25, 0.3) is 0 Å². The summed E-state index contributed by atoms with van der Waals surface area (Å²) in [5.41, 5.74) is 3.65. The van der Waals surface area contributed by atoms with Crippen molar-refractivity contribution in [1.82, 2.24) is 10.3 Å². The van der Waals surface area contributed by atoms with Crippen LogP contribution in [0.5, 0.6) is 0 Å². The molecule has 0 bridgehead atoms. The summed E-state index contributed by atoms with van der Waals surface area (Å²) in [7, 11) is 0. The van der Waals surface area contributed by atoms with Crippen molar-refractivity contribution in [3.05, 3.63) is 23.3 Å². The Kier molecular flexibility index (Phi) is 5.67. The summed E-state index contributed by atoms with van der Waals surface area (Å²) in [5.74, 6) is 0.358. The molecule has 0 unspecified atom stereocenters. The summed E-state index contributed by atoms with van der Waals surface area (Å²) in [5, 5.41) is 4.44. The number of piperidine rings is 1. The van der Waals surface area contributed by atoms with Crippen LogP contribution in [0.25, 0.3) is 10.2 Å². The number of aryl methyl sites for hydroxylation is 2. The molecule has 1 aromatic carbocycles. The molecule has 2 heterocycles. The van der Waals surface area contributed by atoms with E-state index in [0.29, 0.717) is 6.04 Å². The number of fused-ring (bicyclic) bond motifs is 1. The summed E-state index contributed by atoms with van der Waals surface area (Å²) >= 11 is 1.77. The second-order valence-electron chi connectivity index (χ2n) is 8.41. The smallest absolute Gasteiger partial charge is 0.225 e. The minimum Gasteiger partial charge on any atom is -0.353 e. The third-order valence-corrected chi connectivity index (χ3v) is 7.15. The van der Waals surface area contributed by atoms with Crippen LogP contribution in [-0.4, -0.2) is 30.0 Å². The number of carbonyl (C=O) groups is 1. The molecule has 2 fully saturated rings. The number of aromatic nitrogens is 1.